The SMILES string of the molecule is O=C(C=Cc1cccc(F)c1)OCC(=O)N1CCc2ccccc21. The molecule has 0 fully saturated rings. The fourth-order valence-electron chi connectivity index (χ4n) is 2.63. The maximum atomic E-state index is 13.0. The van der Waals surface area contributed by atoms with E-state index in [1.165, 1.54) is 24.3 Å². The number of anilines is 1. The molecule has 122 valence electrons. The van der Waals surface area contributed by atoms with Crippen LogP contribution in [0.5, 0.6) is 0 Å². The first-order valence-electron chi connectivity index (χ1n) is 7.62. The Balaban J connectivity index is 1.54. The van der Waals surface area contributed by atoms with Crippen LogP contribution < -0.4 is 4.90 Å². The highest BCUT2D eigenvalue weighted by molar-refractivity contribution is 5.98. The Morgan fingerprint density at radius 2 is 2.00 bits per heavy atom. The van der Waals surface area contributed by atoms with Crippen molar-refractivity contribution in [1.82, 2.24) is 0 Å². The fraction of sp³-hybridized carbons (Fsp3) is 0.158. The number of nitrogens with zero attached hydrogens (tertiary/aromatic N) is 1. The van der Waals surface area contributed by atoms with Gasteiger partial charge in [0.25, 0.3) is 5.91 Å². The van der Waals surface area contributed by atoms with Crippen molar-refractivity contribution in [3.8, 4) is 0 Å². The first-order chi connectivity index (χ1) is 11.6. The number of benzene rings is 2. The summed E-state index contributed by atoms with van der Waals surface area (Å²) in [5.41, 5.74) is 2.53. The molecule has 5 heteroatoms. The third-order valence-electron chi connectivity index (χ3n) is 3.79. The van der Waals surface area contributed by atoms with Crippen LogP contribution in [-0.2, 0) is 20.7 Å². The lowest BCUT2D eigenvalue weighted by Crippen LogP contribution is -2.33. The van der Waals surface area contributed by atoms with Crippen molar-refractivity contribution in [2.45, 2.75) is 6.42 Å². The van der Waals surface area contributed by atoms with Gasteiger partial charge in [-0.25, -0.2) is 9.18 Å². The van der Waals surface area contributed by atoms with E-state index in [0.29, 0.717) is 12.1 Å². The van der Waals surface area contributed by atoms with Gasteiger partial charge in [0, 0.05) is 18.3 Å². The van der Waals surface area contributed by atoms with Gasteiger partial charge in [-0.3, -0.25) is 4.79 Å². The number of fused-ring (bicyclic) bond motifs is 1. The Kier molecular flexibility index (Phi) is 4.70. The molecule has 0 aliphatic carbocycles. The van der Waals surface area contributed by atoms with Gasteiger partial charge in [0.1, 0.15) is 5.82 Å². The lowest BCUT2D eigenvalue weighted by Gasteiger charge is -2.16. The van der Waals surface area contributed by atoms with Crippen molar-refractivity contribution in [2.75, 3.05) is 18.1 Å². The lowest BCUT2D eigenvalue weighted by atomic mass is 10.2. The number of amides is 1. The molecule has 4 nitrogen and oxygen atoms in total. The molecule has 0 atom stereocenters. The molecule has 1 aliphatic heterocycles. The first-order valence-corrected chi connectivity index (χ1v) is 7.62. The number of esters is 1. The number of para-hydroxylation sites is 1. The maximum absolute atomic E-state index is 13.0. The molecule has 0 bridgehead atoms. The summed E-state index contributed by atoms with van der Waals surface area (Å²) in [4.78, 5) is 25.5. The van der Waals surface area contributed by atoms with Crippen LogP contribution in [0.1, 0.15) is 11.1 Å². The summed E-state index contributed by atoms with van der Waals surface area (Å²) in [5, 5.41) is 0. The number of carbonyl (C=O) groups is 2. The second-order valence-electron chi connectivity index (χ2n) is 5.42. The third kappa shape index (κ3) is 3.68. The minimum Gasteiger partial charge on any atom is -0.452 e. The second-order valence-corrected chi connectivity index (χ2v) is 5.42. The van der Waals surface area contributed by atoms with Crippen LogP contribution in [0, 0.1) is 5.82 Å². The van der Waals surface area contributed by atoms with Crippen molar-refractivity contribution in [2.24, 2.45) is 0 Å². The number of rotatable bonds is 4. The molecule has 2 aromatic carbocycles. The van der Waals surface area contributed by atoms with Crippen LogP contribution in [-0.4, -0.2) is 25.0 Å². The molecule has 2 aromatic rings. The third-order valence-corrected chi connectivity index (χ3v) is 3.79. The van der Waals surface area contributed by atoms with Crippen LogP contribution in [0.25, 0.3) is 6.08 Å². The minimum absolute atomic E-state index is 0.257. The summed E-state index contributed by atoms with van der Waals surface area (Å²) >= 11 is 0. The fourth-order valence-corrected chi connectivity index (χ4v) is 2.63. The highest BCUT2D eigenvalue weighted by atomic mass is 19.1. The molecular formula is C19H16FNO3. The number of hydrogen-bond acceptors (Lipinski definition) is 3. The predicted molar refractivity (Wildman–Crippen MR) is 88.9 cm³/mol. The molecule has 0 saturated heterocycles. The predicted octanol–water partition coefficient (Wildman–Crippen LogP) is 2.97. The maximum Gasteiger partial charge on any atom is 0.331 e. The zero-order valence-corrected chi connectivity index (χ0v) is 12.9. The quantitative estimate of drug-likeness (QED) is 0.641. The van der Waals surface area contributed by atoms with Crippen molar-refractivity contribution < 1.29 is 18.7 Å². The van der Waals surface area contributed by atoms with Crippen molar-refractivity contribution in [1.29, 1.82) is 0 Å². The molecule has 3 rings (SSSR count). The first kappa shape index (κ1) is 15.9. The molecule has 0 aromatic heterocycles. The van der Waals surface area contributed by atoms with Gasteiger partial charge in [0.15, 0.2) is 6.61 Å². The topological polar surface area (TPSA) is 46.6 Å². The molecule has 0 radical (unpaired) electrons. The van der Waals surface area contributed by atoms with Gasteiger partial charge in [-0.05, 0) is 41.8 Å². The Bertz CT molecular complexity index is 801. The van der Waals surface area contributed by atoms with E-state index in [1.54, 1.807) is 17.0 Å². The second kappa shape index (κ2) is 7.08. The monoisotopic (exact) mass is 325 g/mol. The molecule has 0 unspecified atom stereocenters. The lowest BCUT2D eigenvalue weighted by molar-refractivity contribution is -0.142. The van der Waals surface area contributed by atoms with Gasteiger partial charge >= 0.3 is 5.97 Å². The average molecular weight is 325 g/mol. The van der Waals surface area contributed by atoms with Crippen molar-refractivity contribution in [3.05, 3.63) is 71.6 Å². The Labute approximate surface area is 139 Å². The van der Waals surface area contributed by atoms with Crippen LogP contribution in [0.15, 0.2) is 54.6 Å². The van der Waals surface area contributed by atoms with Crippen LogP contribution in [0.4, 0.5) is 10.1 Å². The largest absolute Gasteiger partial charge is 0.452 e. The van der Waals surface area contributed by atoms with Gasteiger partial charge in [-0.2, -0.15) is 0 Å². The molecule has 1 heterocycles. The molecule has 0 spiro atoms. The van der Waals surface area contributed by atoms with Gasteiger partial charge in [0.2, 0.25) is 0 Å². The van der Waals surface area contributed by atoms with Gasteiger partial charge in [-0.1, -0.05) is 30.3 Å². The molecule has 1 amide bonds. The Morgan fingerprint density at radius 1 is 1.17 bits per heavy atom. The van der Waals surface area contributed by atoms with Gasteiger partial charge < -0.3 is 9.64 Å². The van der Waals surface area contributed by atoms with E-state index in [1.807, 2.05) is 24.3 Å². The van der Waals surface area contributed by atoms with E-state index in [-0.39, 0.29) is 18.3 Å². The molecular weight excluding hydrogens is 309 g/mol. The summed E-state index contributed by atoms with van der Waals surface area (Å²) < 4.78 is 18.0. The van der Waals surface area contributed by atoms with Gasteiger partial charge in [-0.15, -0.1) is 0 Å². The molecule has 24 heavy (non-hydrogen) atoms. The molecule has 1 aliphatic rings. The summed E-state index contributed by atoms with van der Waals surface area (Å²) in [6, 6.07) is 13.5. The van der Waals surface area contributed by atoms with Crippen LogP contribution in [0.2, 0.25) is 0 Å². The van der Waals surface area contributed by atoms with Crippen LogP contribution >= 0.6 is 0 Å². The smallest absolute Gasteiger partial charge is 0.331 e. The van der Waals surface area contributed by atoms with E-state index in [4.69, 9.17) is 4.74 Å². The standard InChI is InChI=1S/C19H16FNO3/c20-16-6-3-4-14(12-16)8-9-19(23)24-13-18(22)21-11-10-15-5-1-2-7-17(15)21/h1-9,12H,10-11,13H2. The highest BCUT2D eigenvalue weighted by Gasteiger charge is 2.24. The van der Waals surface area contributed by atoms with E-state index < -0.39 is 5.97 Å². The van der Waals surface area contributed by atoms with E-state index >= 15 is 0 Å². The normalized spacial score (nSPS) is 13.1. The number of hydrogen-bond donors (Lipinski definition) is 0. The van der Waals surface area contributed by atoms with Crippen molar-refractivity contribution in [3.63, 3.8) is 0 Å². The van der Waals surface area contributed by atoms with E-state index in [0.717, 1.165) is 17.7 Å². The average Bonchev–Trinajstić information content (AvgIpc) is 3.02. The van der Waals surface area contributed by atoms with Crippen LogP contribution in [0.3, 0.4) is 0 Å². The minimum atomic E-state index is -0.639. The summed E-state index contributed by atoms with van der Waals surface area (Å²) in [6.45, 7) is 0.273. The van der Waals surface area contributed by atoms with E-state index in [9.17, 15) is 14.0 Å². The molecule has 0 saturated carbocycles. The zero-order valence-electron chi connectivity index (χ0n) is 12.9. The number of carbonyl (C=O) groups excluding carboxylic acids is 2. The zero-order chi connectivity index (χ0) is 16.9. The van der Waals surface area contributed by atoms with Gasteiger partial charge in [0.05, 0.1) is 0 Å². The number of halogens is 1. The Morgan fingerprint density at radius 3 is 2.83 bits per heavy atom. The van der Waals surface area contributed by atoms with Crippen molar-refractivity contribution >= 4 is 23.6 Å². The highest BCUT2D eigenvalue weighted by Crippen LogP contribution is 2.27. The molecule has 0 N–H and O–H groups in total. The summed E-state index contributed by atoms with van der Waals surface area (Å²) in [5.74, 6) is -1.28. The summed E-state index contributed by atoms with van der Waals surface area (Å²) in [7, 11) is 0. The number of ether oxygens (including phenoxy) is 1. The van der Waals surface area contributed by atoms with E-state index in [2.05, 4.69) is 0 Å². The Hall–Kier alpha value is -2.95. The summed E-state index contributed by atoms with van der Waals surface area (Å²) in [6.07, 6.45) is 3.43.